The number of piperazine rings is 1. The maximum absolute atomic E-state index is 14.2. The van der Waals surface area contributed by atoms with Gasteiger partial charge in [0, 0.05) is 45.1 Å². The van der Waals surface area contributed by atoms with E-state index in [2.05, 4.69) is 24.8 Å². The van der Waals surface area contributed by atoms with Crippen LogP contribution in [0.25, 0.3) is 11.5 Å². The Kier molecular flexibility index (Phi) is 5.21. The number of halogens is 1. The summed E-state index contributed by atoms with van der Waals surface area (Å²) in [7, 11) is 1.55. The largest absolute Gasteiger partial charge is 0.497 e. The van der Waals surface area contributed by atoms with Gasteiger partial charge in [0.1, 0.15) is 23.1 Å². The Morgan fingerprint density at radius 3 is 2.71 bits per heavy atom. The average molecular weight is 383 g/mol. The van der Waals surface area contributed by atoms with Crippen molar-refractivity contribution >= 4 is 5.82 Å². The second-order valence-corrected chi connectivity index (χ2v) is 6.69. The molecule has 1 fully saturated rings. The Hall–Kier alpha value is -3.00. The first-order chi connectivity index (χ1) is 13.6. The van der Waals surface area contributed by atoms with Crippen molar-refractivity contribution in [3.63, 3.8) is 0 Å². The van der Waals surface area contributed by atoms with Crippen LogP contribution in [0.4, 0.5) is 10.2 Å². The van der Waals surface area contributed by atoms with Crippen LogP contribution in [0.1, 0.15) is 11.5 Å². The molecule has 1 aromatic carbocycles. The predicted octanol–water partition coefficient (Wildman–Crippen LogP) is 2.91. The molecule has 1 aliphatic heterocycles. The molecule has 28 heavy (non-hydrogen) atoms. The summed E-state index contributed by atoms with van der Waals surface area (Å²) in [5.41, 5.74) is 1.13. The lowest BCUT2D eigenvalue weighted by molar-refractivity contribution is 0.245. The van der Waals surface area contributed by atoms with E-state index in [9.17, 15) is 4.39 Å². The Labute approximate surface area is 162 Å². The van der Waals surface area contributed by atoms with Gasteiger partial charge >= 0.3 is 0 Å². The van der Waals surface area contributed by atoms with Crippen LogP contribution < -0.4 is 9.64 Å². The molecule has 0 atom stereocenters. The molecular weight excluding hydrogens is 361 g/mol. The zero-order chi connectivity index (χ0) is 19.5. The third-order valence-electron chi connectivity index (χ3n) is 4.92. The number of benzene rings is 1. The molecule has 0 saturated carbocycles. The molecule has 0 amide bonds. The molecule has 0 bridgehead atoms. The summed E-state index contributed by atoms with van der Waals surface area (Å²) in [4.78, 5) is 17.6. The SMILES string of the molecule is COc1ccc(F)c(-c2nc(CN3CCN(c4cnccn4)CC3)c(C)o2)c1. The van der Waals surface area contributed by atoms with Crippen LogP contribution >= 0.6 is 0 Å². The van der Waals surface area contributed by atoms with Crippen molar-refractivity contribution < 1.29 is 13.5 Å². The van der Waals surface area contributed by atoms with E-state index in [-0.39, 0.29) is 11.7 Å². The minimum atomic E-state index is -0.383. The number of anilines is 1. The first kappa shape index (κ1) is 18.4. The van der Waals surface area contributed by atoms with E-state index in [1.165, 1.54) is 6.07 Å². The van der Waals surface area contributed by atoms with E-state index in [0.717, 1.165) is 37.7 Å². The lowest BCUT2D eigenvalue weighted by Crippen LogP contribution is -2.46. The number of hydrogen-bond acceptors (Lipinski definition) is 7. The molecule has 3 aromatic rings. The fourth-order valence-corrected chi connectivity index (χ4v) is 3.29. The van der Waals surface area contributed by atoms with Crippen molar-refractivity contribution in [2.45, 2.75) is 13.5 Å². The molecule has 0 N–H and O–H groups in total. The van der Waals surface area contributed by atoms with Crippen LogP contribution in [0.5, 0.6) is 5.75 Å². The highest BCUT2D eigenvalue weighted by atomic mass is 19.1. The maximum atomic E-state index is 14.2. The zero-order valence-electron chi connectivity index (χ0n) is 15.9. The molecule has 4 rings (SSSR count). The fourth-order valence-electron chi connectivity index (χ4n) is 3.29. The average Bonchev–Trinajstić information content (AvgIpc) is 3.09. The lowest BCUT2D eigenvalue weighted by Gasteiger charge is -2.34. The second-order valence-electron chi connectivity index (χ2n) is 6.69. The number of hydrogen-bond donors (Lipinski definition) is 0. The monoisotopic (exact) mass is 383 g/mol. The number of aromatic nitrogens is 3. The highest BCUT2D eigenvalue weighted by molar-refractivity contribution is 5.57. The lowest BCUT2D eigenvalue weighted by atomic mass is 10.2. The molecule has 3 heterocycles. The van der Waals surface area contributed by atoms with Gasteiger partial charge in [-0.25, -0.2) is 14.4 Å². The van der Waals surface area contributed by atoms with Gasteiger partial charge in [0.15, 0.2) is 0 Å². The summed E-state index contributed by atoms with van der Waals surface area (Å²) < 4.78 is 25.1. The summed E-state index contributed by atoms with van der Waals surface area (Å²) in [6, 6.07) is 4.54. The van der Waals surface area contributed by atoms with Crippen molar-refractivity contribution in [1.29, 1.82) is 0 Å². The van der Waals surface area contributed by atoms with E-state index >= 15 is 0 Å². The van der Waals surface area contributed by atoms with Gasteiger partial charge in [-0.2, -0.15) is 0 Å². The van der Waals surface area contributed by atoms with Crippen LogP contribution in [0, 0.1) is 12.7 Å². The number of oxazole rings is 1. The van der Waals surface area contributed by atoms with E-state index < -0.39 is 0 Å². The van der Waals surface area contributed by atoms with Gasteiger partial charge in [0.2, 0.25) is 5.89 Å². The molecule has 8 heteroatoms. The highest BCUT2D eigenvalue weighted by Crippen LogP contribution is 2.28. The van der Waals surface area contributed by atoms with Gasteiger partial charge in [0.05, 0.1) is 24.6 Å². The van der Waals surface area contributed by atoms with Crippen molar-refractivity contribution in [3.8, 4) is 17.2 Å². The van der Waals surface area contributed by atoms with E-state index in [1.807, 2.05) is 6.92 Å². The van der Waals surface area contributed by atoms with Gasteiger partial charge in [0.25, 0.3) is 0 Å². The number of methoxy groups -OCH3 is 1. The third-order valence-corrected chi connectivity index (χ3v) is 4.92. The quantitative estimate of drug-likeness (QED) is 0.671. The van der Waals surface area contributed by atoms with E-state index in [0.29, 0.717) is 23.6 Å². The van der Waals surface area contributed by atoms with Gasteiger partial charge < -0.3 is 14.1 Å². The normalized spacial score (nSPS) is 15.0. The summed E-state index contributed by atoms with van der Waals surface area (Å²) in [5, 5.41) is 0. The number of nitrogens with zero attached hydrogens (tertiary/aromatic N) is 5. The molecule has 0 aliphatic carbocycles. The molecule has 1 aliphatic rings. The van der Waals surface area contributed by atoms with Crippen molar-refractivity contribution in [2.75, 3.05) is 38.2 Å². The number of aryl methyl sites for hydroxylation is 1. The summed E-state index contributed by atoms with van der Waals surface area (Å²) in [5.74, 6) is 2.06. The van der Waals surface area contributed by atoms with Crippen LogP contribution in [0.2, 0.25) is 0 Å². The van der Waals surface area contributed by atoms with Crippen LogP contribution in [0.3, 0.4) is 0 Å². The number of rotatable bonds is 5. The molecule has 146 valence electrons. The van der Waals surface area contributed by atoms with E-state index in [4.69, 9.17) is 9.15 Å². The first-order valence-electron chi connectivity index (χ1n) is 9.17. The first-order valence-corrected chi connectivity index (χ1v) is 9.17. The fraction of sp³-hybridized carbons (Fsp3) is 0.350. The van der Waals surface area contributed by atoms with Gasteiger partial charge in [-0.15, -0.1) is 0 Å². The summed E-state index contributed by atoms with van der Waals surface area (Å²) >= 11 is 0. The highest BCUT2D eigenvalue weighted by Gasteiger charge is 2.22. The standard InChI is InChI=1S/C20H22FN5O2/c1-14-18(24-20(28-14)16-11-15(27-2)3-4-17(16)21)13-25-7-9-26(10-8-25)19-12-22-5-6-23-19/h3-6,11-12H,7-10,13H2,1-2H3. The molecule has 7 nitrogen and oxygen atoms in total. The topological polar surface area (TPSA) is 67.5 Å². The molecule has 0 spiro atoms. The van der Waals surface area contributed by atoms with Gasteiger partial charge in [-0.3, -0.25) is 9.88 Å². The van der Waals surface area contributed by atoms with Crippen molar-refractivity contribution in [3.05, 3.63) is 54.1 Å². The van der Waals surface area contributed by atoms with Gasteiger partial charge in [-0.05, 0) is 25.1 Å². The maximum Gasteiger partial charge on any atom is 0.229 e. The summed E-state index contributed by atoms with van der Waals surface area (Å²) in [6.45, 7) is 6.02. The molecular formula is C20H22FN5O2. The van der Waals surface area contributed by atoms with Crippen molar-refractivity contribution in [2.24, 2.45) is 0 Å². The Morgan fingerprint density at radius 2 is 2.00 bits per heavy atom. The number of ether oxygens (including phenoxy) is 1. The zero-order valence-corrected chi connectivity index (χ0v) is 15.9. The second kappa shape index (κ2) is 7.93. The summed E-state index contributed by atoms with van der Waals surface area (Å²) in [6.07, 6.45) is 5.17. The van der Waals surface area contributed by atoms with Gasteiger partial charge in [-0.1, -0.05) is 0 Å². The van der Waals surface area contributed by atoms with Crippen LogP contribution in [-0.4, -0.2) is 53.1 Å². The Balaban J connectivity index is 1.44. The van der Waals surface area contributed by atoms with Crippen LogP contribution in [0.15, 0.2) is 41.2 Å². The Morgan fingerprint density at radius 1 is 1.18 bits per heavy atom. The molecule has 2 aromatic heterocycles. The van der Waals surface area contributed by atoms with Crippen molar-refractivity contribution in [1.82, 2.24) is 19.9 Å². The molecule has 1 saturated heterocycles. The minimum Gasteiger partial charge on any atom is -0.497 e. The molecule has 0 unspecified atom stereocenters. The van der Waals surface area contributed by atoms with Crippen LogP contribution in [-0.2, 0) is 6.54 Å². The smallest absolute Gasteiger partial charge is 0.229 e. The predicted molar refractivity (Wildman–Crippen MR) is 103 cm³/mol. The molecule has 0 radical (unpaired) electrons. The Bertz CT molecular complexity index is 939. The van der Waals surface area contributed by atoms with E-state index in [1.54, 1.807) is 37.8 Å². The third kappa shape index (κ3) is 3.82. The minimum absolute atomic E-state index is 0.280.